The highest BCUT2D eigenvalue weighted by molar-refractivity contribution is 14.1. The number of nitrogens with one attached hydrogen (secondary N) is 1. The zero-order chi connectivity index (χ0) is 8.60. The minimum Gasteiger partial charge on any atom is -0.355 e. The fraction of sp³-hybridized carbons (Fsp3) is 0.111. The largest absolute Gasteiger partial charge is 0.355 e. The van der Waals surface area contributed by atoms with Crippen LogP contribution in [0.2, 0.25) is 0 Å². The number of halogens is 2. The molecule has 0 bridgehead atoms. The molecule has 0 amide bonds. The molecule has 1 unspecified atom stereocenters. The average Bonchev–Trinajstić information content (AvgIpc) is 2.02. The summed E-state index contributed by atoms with van der Waals surface area (Å²) in [5.41, 5.74) is 2.27. The van der Waals surface area contributed by atoms with Crippen molar-refractivity contribution in [3.8, 4) is 0 Å². The third-order valence-electron chi connectivity index (χ3n) is 1.73. The van der Waals surface area contributed by atoms with E-state index in [1.165, 1.54) is 5.56 Å². The second-order valence-electron chi connectivity index (χ2n) is 2.67. The van der Waals surface area contributed by atoms with Crippen molar-refractivity contribution in [1.29, 1.82) is 0 Å². The summed E-state index contributed by atoms with van der Waals surface area (Å²) in [5, 5.41) is 3.20. The molecule has 0 saturated carbocycles. The molecule has 0 fully saturated rings. The molecular formula is C9H7ClIN. The van der Waals surface area contributed by atoms with Crippen molar-refractivity contribution < 1.29 is 0 Å². The number of fused-ring (bicyclic) bond motifs is 1. The lowest BCUT2D eigenvalue weighted by atomic mass is 10.1. The summed E-state index contributed by atoms with van der Waals surface area (Å²) in [5.74, 6) is 0. The maximum atomic E-state index is 6.09. The van der Waals surface area contributed by atoms with E-state index >= 15 is 0 Å². The second kappa shape index (κ2) is 2.92. The van der Waals surface area contributed by atoms with Gasteiger partial charge in [-0.15, -0.1) is 0 Å². The average molecular weight is 292 g/mol. The van der Waals surface area contributed by atoms with Gasteiger partial charge in [-0.2, -0.15) is 0 Å². The molecule has 1 aliphatic rings. The van der Waals surface area contributed by atoms with Gasteiger partial charge in [-0.1, -0.05) is 35.9 Å². The third kappa shape index (κ3) is 1.59. The number of alkyl halides is 2. The Bertz CT molecular complexity index is 333. The van der Waals surface area contributed by atoms with E-state index in [-0.39, 0.29) is 0 Å². The molecule has 1 atom stereocenters. The number of benzene rings is 1. The number of hydrogen-bond donors (Lipinski definition) is 1. The van der Waals surface area contributed by atoms with Gasteiger partial charge in [0.25, 0.3) is 0 Å². The highest BCUT2D eigenvalue weighted by atomic mass is 127. The zero-order valence-electron chi connectivity index (χ0n) is 6.22. The van der Waals surface area contributed by atoms with Crippen LogP contribution in [0.3, 0.4) is 0 Å². The summed E-state index contributed by atoms with van der Waals surface area (Å²) >= 11 is 8.24. The number of rotatable bonds is 0. The van der Waals surface area contributed by atoms with Crippen LogP contribution in [0.15, 0.2) is 30.3 Å². The van der Waals surface area contributed by atoms with Crippen LogP contribution in [0.5, 0.6) is 0 Å². The van der Waals surface area contributed by atoms with E-state index in [4.69, 9.17) is 11.6 Å². The van der Waals surface area contributed by atoms with Crippen molar-refractivity contribution in [2.24, 2.45) is 0 Å². The van der Waals surface area contributed by atoms with E-state index in [1.54, 1.807) is 0 Å². The molecule has 1 aromatic carbocycles. The molecular weight excluding hydrogens is 284 g/mol. The molecule has 2 rings (SSSR count). The lowest BCUT2D eigenvalue weighted by Gasteiger charge is -2.24. The van der Waals surface area contributed by atoms with E-state index in [1.807, 2.05) is 30.4 Å². The topological polar surface area (TPSA) is 12.0 Å². The van der Waals surface area contributed by atoms with Gasteiger partial charge in [0.15, 0.2) is 3.00 Å². The van der Waals surface area contributed by atoms with Crippen molar-refractivity contribution in [3.05, 3.63) is 35.9 Å². The Hall–Kier alpha value is -0.220. The van der Waals surface area contributed by atoms with E-state index < -0.39 is 3.00 Å². The molecule has 0 aromatic heterocycles. The summed E-state index contributed by atoms with van der Waals surface area (Å²) in [4.78, 5) is 0. The van der Waals surface area contributed by atoms with Crippen LogP contribution >= 0.6 is 34.2 Å². The Labute approximate surface area is 89.9 Å². The molecule has 0 radical (unpaired) electrons. The highest BCUT2D eigenvalue weighted by Crippen LogP contribution is 2.34. The van der Waals surface area contributed by atoms with Crippen LogP contribution < -0.4 is 5.32 Å². The van der Waals surface area contributed by atoms with Crippen LogP contribution in [-0.2, 0) is 0 Å². The molecule has 0 saturated heterocycles. The predicted molar refractivity (Wildman–Crippen MR) is 61.7 cm³/mol. The van der Waals surface area contributed by atoms with Crippen LogP contribution in [0.1, 0.15) is 5.56 Å². The number of anilines is 1. The van der Waals surface area contributed by atoms with Crippen molar-refractivity contribution in [2.75, 3.05) is 5.32 Å². The first-order valence-corrected chi connectivity index (χ1v) is 5.07. The van der Waals surface area contributed by atoms with E-state index in [0.717, 1.165) is 5.69 Å². The van der Waals surface area contributed by atoms with Crippen molar-refractivity contribution in [2.45, 2.75) is 3.00 Å². The summed E-state index contributed by atoms with van der Waals surface area (Å²) in [6, 6.07) is 8.09. The molecule has 0 aliphatic carbocycles. The van der Waals surface area contributed by atoms with Crippen molar-refractivity contribution in [3.63, 3.8) is 0 Å². The molecule has 62 valence electrons. The van der Waals surface area contributed by atoms with Gasteiger partial charge in [-0.05, 0) is 40.3 Å². The van der Waals surface area contributed by atoms with Crippen LogP contribution in [-0.4, -0.2) is 3.00 Å². The Balaban J connectivity index is 2.46. The molecule has 1 aromatic rings. The Morgan fingerprint density at radius 2 is 2.08 bits per heavy atom. The lowest BCUT2D eigenvalue weighted by Crippen LogP contribution is -2.23. The molecule has 1 aliphatic heterocycles. The molecule has 1 nitrogen and oxygen atoms in total. The van der Waals surface area contributed by atoms with Gasteiger partial charge < -0.3 is 5.32 Å². The normalized spacial score (nSPS) is 26.2. The first-order chi connectivity index (χ1) is 5.67. The fourth-order valence-corrected chi connectivity index (χ4v) is 1.81. The van der Waals surface area contributed by atoms with Gasteiger partial charge in [0.1, 0.15) is 0 Å². The van der Waals surface area contributed by atoms with Crippen LogP contribution in [0.4, 0.5) is 5.69 Å². The second-order valence-corrected chi connectivity index (χ2v) is 5.60. The maximum Gasteiger partial charge on any atom is 0.183 e. The van der Waals surface area contributed by atoms with Gasteiger partial charge in [-0.25, -0.2) is 0 Å². The predicted octanol–water partition coefficient (Wildman–Crippen LogP) is 3.45. The molecule has 1 heterocycles. The zero-order valence-corrected chi connectivity index (χ0v) is 9.13. The van der Waals surface area contributed by atoms with E-state index in [9.17, 15) is 0 Å². The minimum absolute atomic E-state index is 0.466. The van der Waals surface area contributed by atoms with E-state index in [2.05, 4.69) is 34.0 Å². The number of para-hydroxylation sites is 1. The molecule has 12 heavy (non-hydrogen) atoms. The summed E-state index contributed by atoms with van der Waals surface area (Å²) in [6.45, 7) is 0. The minimum atomic E-state index is -0.466. The van der Waals surface area contributed by atoms with Gasteiger partial charge in [0.2, 0.25) is 0 Å². The smallest absolute Gasteiger partial charge is 0.183 e. The quantitative estimate of drug-likeness (QED) is 0.438. The van der Waals surface area contributed by atoms with Gasteiger partial charge >= 0.3 is 0 Å². The molecule has 1 N–H and O–H groups in total. The Morgan fingerprint density at radius 3 is 2.92 bits per heavy atom. The van der Waals surface area contributed by atoms with Crippen molar-refractivity contribution in [1.82, 2.24) is 0 Å². The van der Waals surface area contributed by atoms with Crippen LogP contribution in [0.25, 0.3) is 6.08 Å². The van der Waals surface area contributed by atoms with Gasteiger partial charge in [-0.3, -0.25) is 0 Å². The number of hydrogen-bond acceptors (Lipinski definition) is 1. The monoisotopic (exact) mass is 291 g/mol. The first-order valence-electron chi connectivity index (χ1n) is 3.62. The summed E-state index contributed by atoms with van der Waals surface area (Å²) < 4.78 is -0.466. The summed E-state index contributed by atoms with van der Waals surface area (Å²) in [6.07, 6.45) is 3.97. The Kier molecular flexibility index (Phi) is 2.04. The maximum absolute atomic E-state index is 6.09. The third-order valence-corrected chi connectivity index (χ3v) is 2.58. The first kappa shape index (κ1) is 8.38. The van der Waals surface area contributed by atoms with E-state index in [0.29, 0.717) is 0 Å². The molecule has 0 spiro atoms. The Morgan fingerprint density at radius 1 is 1.33 bits per heavy atom. The lowest BCUT2D eigenvalue weighted by molar-refractivity contribution is 1.18. The molecule has 3 heteroatoms. The fourth-order valence-electron chi connectivity index (χ4n) is 1.17. The van der Waals surface area contributed by atoms with Crippen LogP contribution in [0, 0.1) is 0 Å². The van der Waals surface area contributed by atoms with Gasteiger partial charge in [0.05, 0.1) is 0 Å². The van der Waals surface area contributed by atoms with Gasteiger partial charge in [0, 0.05) is 5.69 Å². The summed E-state index contributed by atoms with van der Waals surface area (Å²) in [7, 11) is 0. The van der Waals surface area contributed by atoms with Crippen molar-refractivity contribution >= 4 is 46.0 Å². The highest BCUT2D eigenvalue weighted by Gasteiger charge is 2.22. The standard InChI is InChI=1S/C9H7ClIN/c10-9(11)6-5-7-3-1-2-4-8(7)12-9/h1-6,12H. The SMILES string of the molecule is ClC1(I)C=Cc2ccccc2N1.